The van der Waals surface area contributed by atoms with Crippen molar-refractivity contribution in [2.24, 2.45) is 4.99 Å². The lowest BCUT2D eigenvalue weighted by Crippen LogP contribution is -2.61. The first kappa shape index (κ1) is 27.1. The summed E-state index contributed by atoms with van der Waals surface area (Å²) in [5.41, 5.74) is 1.62. The number of esters is 1. The van der Waals surface area contributed by atoms with E-state index < -0.39 is 30.2 Å². The minimum absolute atomic E-state index is 0.0332. The van der Waals surface area contributed by atoms with Gasteiger partial charge in [0.1, 0.15) is 23.5 Å². The lowest BCUT2D eigenvalue weighted by atomic mass is 10.1. The van der Waals surface area contributed by atoms with Gasteiger partial charge < -0.3 is 13.8 Å². The number of β-lactam (4-membered cyclic amide) rings is 1. The van der Waals surface area contributed by atoms with Crippen molar-refractivity contribution in [2.45, 2.75) is 31.4 Å². The molecule has 0 spiro atoms. The van der Waals surface area contributed by atoms with Crippen LogP contribution in [0.15, 0.2) is 107 Å². The van der Waals surface area contributed by atoms with E-state index in [0.717, 1.165) is 16.2 Å². The first-order valence-electron chi connectivity index (χ1n) is 12.1. The third kappa shape index (κ3) is 6.38. The highest BCUT2D eigenvalue weighted by Gasteiger charge is 2.55. The van der Waals surface area contributed by atoms with E-state index in [1.54, 1.807) is 30.3 Å². The first-order valence-corrected chi connectivity index (χ1v) is 15.4. The molecule has 1 saturated heterocycles. The normalized spacial score (nSPS) is 20.1. The van der Waals surface area contributed by atoms with E-state index in [0.29, 0.717) is 6.42 Å². The predicted octanol–water partition coefficient (Wildman–Crippen LogP) is 6.33. The van der Waals surface area contributed by atoms with E-state index in [2.05, 4.69) is 4.99 Å². The van der Waals surface area contributed by atoms with Gasteiger partial charge in [0, 0.05) is 17.7 Å². The Kier molecular flexibility index (Phi) is 8.12. The Morgan fingerprint density at radius 1 is 0.974 bits per heavy atom. The van der Waals surface area contributed by atoms with Gasteiger partial charge in [0.15, 0.2) is 11.7 Å². The molecule has 2 aliphatic rings. The quantitative estimate of drug-likeness (QED) is 0.0906. The molecule has 2 heterocycles. The summed E-state index contributed by atoms with van der Waals surface area (Å²) >= 11 is 7.50. The van der Waals surface area contributed by atoms with Gasteiger partial charge in [-0.15, -0.1) is 0 Å². The van der Waals surface area contributed by atoms with Crippen LogP contribution in [-0.4, -0.2) is 33.2 Å². The van der Waals surface area contributed by atoms with Crippen molar-refractivity contribution in [2.75, 3.05) is 0 Å². The van der Waals surface area contributed by atoms with Crippen LogP contribution in [0.25, 0.3) is 0 Å². The summed E-state index contributed by atoms with van der Waals surface area (Å²) in [5, 5.41) is 0.303. The van der Waals surface area contributed by atoms with E-state index in [4.69, 9.17) is 25.0 Å². The third-order valence-electron chi connectivity index (χ3n) is 5.94. The maximum Gasteiger partial charge on any atom is 0.530 e. The number of carbonyl (C=O) groups excluding carboxylic acids is 2. The van der Waals surface area contributed by atoms with Crippen LogP contribution in [0.3, 0.4) is 0 Å². The van der Waals surface area contributed by atoms with Gasteiger partial charge in [-0.25, -0.2) is 9.36 Å². The molecule has 11 heteroatoms. The fraction of sp³-hybridized carbons (Fsp3) is 0.179. The fourth-order valence-electron chi connectivity index (χ4n) is 4.14. The summed E-state index contributed by atoms with van der Waals surface area (Å²) in [4.78, 5) is 32.4. The van der Waals surface area contributed by atoms with Gasteiger partial charge in [0.05, 0.1) is 5.04 Å². The molecule has 3 atom stereocenters. The van der Waals surface area contributed by atoms with E-state index in [1.807, 2.05) is 60.7 Å². The molecule has 3 unspecified atom stereocenters. The van der Waals surface area contributed by atoms with Gasteiger partial charge in [-0.1, -0.05) is 90.6 Å². The highest BCUT2D eigenvalue weighted by Crippen LogP contribution is 2.56. The number of likely N-dealkylation sites (tertiary alicyclic amines) is 1. The van der Waals surface area contributed by atoms with Crippen LogP contribution in [0.2, 0.25) is 0 Å². The number of amides is 1. The van der Waals surface area contributed by atoms with Crippen LogP contribution in [0.5, 0.6) is 5.75 Å². The van der Waals surface area contributed by atoms with Crippen LogP contribution >= 0.6 is 30.0 Å². The SMILES string of the molecule is CC(OP(=O)(Cl)Oc1ccccc1)=C(C(=O)OCc1ccccc1)N1C(=O)C2N=C(Cc3ccccc3)SC21. The molecule has 200 valence electrons. The van der Waals surface area contributed by atoms with Gasteiger partial charge in [-0.3, -0.25) is 14.7 Å². The summed E-state index contributed by atoms with van der Waals surface area (Å²) in [7, 11) is 0. The number of carbonyl (C=O) groups is 2. The molecular weight excluding hydrogens is 559 g/mol. The molecule has 2 aliphatic heterocycles. The van der Waals surface area contributed by atoms with Crippen molar-refractivity contribution in [3.8, 4) is 5.75 Å². The number of benzene rings is 3. The van der Waals surface area contributed by atoms with Gasteiger partial charge in [0.25, 0.3) is 5.91 Å². The third-order valence-corrected chi connectivity index (χ3v) is 8.50. The topological polar surface area (TPSA) is 94.5 Å². The Hall–Kier alpha value is -3.52. The number of ether oxygens (including phenoxy) is 1. The summed E-state index contributed by atoms with van der Waals surface area (Å²) in [6, 6.07) is 26.5. The number of aliphatic imine (C=N–C) groups is 1. The van der Waals surface area contributed by atoms with Crippen LogP contribution < -0.4 is 4.52 Å². The van der Waals surface area contributed by atoms with Crippen LogP contribution in [-0.2, 0) is 36.4 Å². The summed E-state index contributed by atoms with van der Waals surface area (Å²) in [6.07, 6.45) is 0.564. The Labute approximate surface area is 234 Å². The van der Waals surface area contributed by atoms with Gasteiger partial charge >= 0.3 is 12.9 Å². The van der Waals surface area contributed by atoms with Crippen LogP contribution in [0.1, 0.15) is 18.1 Å². The second-order valence-electron chi connectivity index (χ2n) is 8.74. The molecule has 39 heavy (non-hydrogen) atoms. The number of para-hydroxylation sites is 1. The lowest BCUT2D eigenvalue weighted by Gasteiger charge is -2.41. The predicted molar refractivity (Wildman–Crippen MR) is 150 cm³/mol. The number of allylic oxidation sites excluding steroid dienone is 1. The molecule has 0 N–H and O–H groups in total. The molecular formula is C28H24ClN2O6PS. The second kappa shape index (κ2) is 11.7. The monoisotopic (exact) mass is 582 g/mol. The highest BCUT2D eigenvalue weighted by molar-refractivity contribution is 8.14. The lowest BCUT2D eigenvalue weighted by molar-refractivity contribution is -0.151. The smallest absolute Gasteiger partial charge is 0.456 e. The largest absolute Gasteiger partial charge is 0.530 e. The van der Waals surface area contributed by atoms with Crippen molar-refractivity contribution in [1.82, 2.24) is 4.90 Å². The number of rotatable bonds is 10. The first-order chi connectivity index (χ1) is 18.8. The van der Waals surface area contributed by atoms with Crippen molar-refractivity contribution < 1.29 is 27.9 Å². The maximum absolute atomic E-state index is 13.4. The highest BCUT2D eigenvalue weighted by atomic mass is 35.7. The number of halogens is 1. The molecule has 5 rings (SSSR count). The molecule has 0 saturated carbocycles. The zero-order valence-corrected chi connectivity index (χ0v) is 23.3. The van der Waals surface area contributed by atoms with Crippen molar-refractivity contribution in [3.63, 3.8) is 0 Å². The Morgan fingerprint density at radius 3 is 2.21 bits per heavy atom. The number of hydrogen-bond acceptors (Lipinski definition) is 8. The van der Waals surface area contributed by atoms with Crippen molar-refractivity contribution in [1.29, 1.82) is 0 Å². The molecule has 0 bridgehead atoms. The molecule has 3 aromatic carbocycles. The zero-order chi connectivity index (χ0) is 27.4. The average Bonchev–Trinajstić information content (AvgIpc) is 3.30. The summed E-state index contributed by atoms with van der Waals surface area (Å²) in [6.45, 7) is -2.88. The number of hydrogen-bond donors (Lipinski definition) is 0. The molecule has 8 nitrogen and oxygen atoms in total. The molecule has 0 radical (unpaired) electrons. The molecule has 0 aliphatic carbocycles. The van der Waals surface area contributed by atoms with E-state index in [-0.39, 0.29) is 23.8 Å². The maximum atomic E-state index is 13.4. The van der Waals surface area contributed by atoms with Crippen molar-refractivity contribution >= 4 is 46.9 Å². The minimum Gasteiger partial charge on any atom is -0.456 e. The van der Waals surface area contributed by atoms with Crippen molar-refractivity contribution in [3.05, 3.63) is 114 Å². The van der Waals surface area contributed by atoms with Gasteiger partial charge in [-0.2, -0.15) is 0 Å². The zero-order valence-electron chi connectivity index (χ0n) is 20.8. The standard InChI is InChI=1S/C28H24ClN2O6PS/c1-19(36-38(29,34)37-22-15-9-4-10-16-22)25(28(33)35-18-21-13-7-3-8-14-21)31-26(32)24-27(31)39-23(30-24)17-20-11-5-2-6-12-20/h2-16,24,27H,17-18H2,1H3. The average molecular weight is 583 g/mol. The van der Waals surface area contributed by atoms with Gasteiger partial charge in [-0.05, 0) is 30.2 Å². The van der Waals surface area contributed by atoms with Crippen LogP contribution in [0, 0.1) is 0 Å². The molecule has 1 fully saturated rings. The number of nitrogens with zero attached hydrogens (tertiary/aromatic N) is 2. The Morgan fingerprint density at radius 2 is 1.56 bits per heavy atom. The minimum atomic E-state index is -4.24. The summed E-state index contributed by atoms with van der Waals surface area (Å²) < 4.78 is 29.4. The summed E-state index contributed by atoms with van der Waals surface area (Å²) in [5.74, 6) is -1.15. The Balaban J connectivity index is 1.38. The van der Waals surface area contributed by atoms with Crippen LogP contribution in [0.4, 0.5) is 0 Å². The Bertz CT molecular complexity index is 1470. The molecule has 0 aromatic heterocycles. The fourth-order valence-corrected chi connectivity index (χ4v) is 6.84. The van der Waals surface area contributed by atoms with Gasteiger partial charge in [0.2, 0.25) is 0 Å². The van der Waals surface area contributed by atoms with E-state index >= 15 is 0 Å². The number of fused-ring (bicyclic) bond motifs is 1. The number of thioether (sulfide) groups is 1. The van der Waals surface area contributed by atoms with E-state index in [1.165, 1.54) is 23.6 Å². The van der Waals surface area contributed by atoms with E-state index in [9.17, 15) is 14.2 Å². The molecule has 1 amide bonds. The second-order valence-corrected chi connectivity index (χ2v) is 12.4. The molecule has 3 aromatic rings.